The van der Waals surface area contributed by atoms with Crippen molar-refractivity contribution in [2.75, 3.05) is 6.61 Å². The summed E-state index contributed by atoms with van der Waals surface area (Å²) < 4.78 is 21.0. The van der Waals surface area contributed by atoms with E-state index in [4.69, 9.17) is 16.3 Å². The van der Waals surface area contributed by atoms with Crippen molar-refractivity contribution in [1.29, 1.82) is 5.26 Å². The molecule has 202 valence electrons. The van der Waals surface area contributed by atoms with E-state index in [1.165, 1.54) is 12.3 Å². The summed E-state index contributed by atoms with van der Waals surface area (Å²) in [4.78, 5) is 15.6. The molecule has 4 aromatic rings. The molecule has 2 atom stereocenters. The third kappa shape index (κ3) is 5.54. The van der Waals surface area contributed by atoms with Gasteiger partial charge in [0.25, 0.3) is 0 Å². The SMILES string of the molecule is N#Cc1cncc(-c2cc(O[C@H]3CCc4c(-c5ccccc5F)cccc43)c(Cl)cc2CN[C@@H](CO)C(=O)O)c1. The Hall–Kier alpha value is -4.29. The van der Waals surface area contributed by atoms with Crippen LogP contribution in [0.2, 0.25) is 5.02 Å². The average molecular weight is 558 g/mol. The fraction of sp³-hybridized carbons (Fsp3) is 0.194. The lowest BCUT2D eigenvalue weighted by Gasteiger charge is -2.20. The number of hydrogen-bond acceptors (Lipinski definition) is 6. The zero-order valence-electron chi connectivity index (χ0n) is 21.3. The molecule has 5 rings (SSSR count). The largest absolute Gasteiger partial charge is 0.484 e. The number of rotatable bonds is 9. The van der Waals surface area contributed by atoms with Crippen LogP contribution in [0.5, 0.6) is 5.75 Å². The second kappa shape index (κ2) is 11.8. The van der Waals surface area contributed by atoms with Gasteiger partial charge in [0.1, 0.15) is 29.8 Å². The number of ether oxygens (including phenoxy) is 1. The van der Waals surface area contributed by atoms with Crippen molar-refractivity contribution in [1.82, 2.24) is 10.3 Å². The first-order valence-corrected chi connectivity index (χ1v) is 13.1. The van der Waals surface area contributed by atoms with E-state index >= 15 is 0 Å². The van der Waals surface area contributed by atoms with Crippen molar-refractivity contribution in [2.45, 2.75) is 31.5 Å². The van der Waals surface area contributed by atoms with Crippen LogP contribution in [0.25, 0.3) is 22.3 Å². The molecule has 0 saturated carbocycles. The molecule has 7 nitrogen and oxygen atoms in total. The highest BCUT2D eigenvalue weighted by Gasteiger charge is 2.28. The van der Waals surface area contributed by atoms with Gasteiger partial charge in [0, 0.05) is 30.1 Å². The number of carboxylic acids is 1. The molecule has 0 amide bonds. The van der Waals surface area contributed by atoms with E-state index in [1.807, 2.05) is 24.3 Å². The van der Waals surface area contributed by atoms with Crippen molar-refractivity contribution >= 4 is 17.6 Å². The average Bonchev–Trinajstić information content (AvgIpc) is 3.37. The van der Waals surface area contributed by atoms with Crippen molar-refractivity contribution < 1.29 is 24.1 Å². The maximum Gasteiger partial charge on any atom is 0.323 e. The number of aliphatic carboxylic acids is 1. The van der Waals surface area contributed by atoms with E-state index in [0.29, 0.717) is 51.4 Å². The number of aromatic nitrogens is 1. The number of hydrogen-bond donors (Lipinski definition) is 3. The van der Waals surface area contributed by atoms with Crippen molar-refractivity contribution in [3.63, 3.8) is 0 Å². The van der Waals surface area contributed by atoms with Crippen molar-refractivity contribution in [2.24, 2.45) is 0 Å². The molecule has 0 bridgehead atoms. The zero-order valence-corrected chi connectivity index (χ0v) is 22.0. The fourth-order valence-electron chi connectivity index (χ4n) is 5.04. The zero-order chi connectivity index (χ0) is 28.2. The Kier molecular flexibility index (Phi) is 8.08. The molecule has 40 heavy (non-hydrogen) atoms. The molecular weight excluding hydrogens is 533 g/mol. The lowest BCUT2D eigenvalue weighted by Crippen LogP contribution is -2.39. The number of nitrogens with zero attached hydrogens (tertiary/aromatic N) is 2. The van der Waals surface area contributed by atoms with Crippen LogP contribution in [0.15, 0.2) is 73.1 Å². The molecule has 0 radical (unpaired) electrons. The summed E-state index contributed by atoms with van der Waals surface area (Å²) in [7, 11) is 0. The molecule has 0 saturated heterocycles. The highest BCUT2D eigenvalue weighted by atomic mass is 35.5. The number of carbonyl (C=O) groups is 1. The van der Waals surface area contributed by atoms with E-state index in [0.717, 1.165) is 16.7 Å². The molecule has 1 aliphatic rings. The quantitative estimate of drug-likeness (QED) is 0.242. The summed E-state index contributed by atoms with van der Waals surface area (Å²) in [5.74, 6) is -1.05. The monoisotopic (exact) mass is 557 g/mol. The number of carboxylic acid groups (broad SMARTS) is 1. The van der Waals surface area contributed by atoms with Gasteiger partial charge in [-0.05, 0) is 64.9 Å². The highest BCUT2D eigenvalue weighted by molar-refractivity contribution is 6.32. The minimum absolute atomic E-state index is 0.0852. The van der Waals surface area contributed by atoms with E-state index in [9.17, 15) is 24.7 Å². The van der Waals surface area contributed by atoms with Gasteiger partial charge < -0.3 is 14.9 Å². The van der Waals surface area contributed by atoms with Gasteiger partial charge in [-0.3, -0.25) is 15.1 Å². The number of aliphatic hydroxyl groups is 1. The summed E-state index contributed by atoms with van der Waals surface area (Å²) in [6.07, 6.45) is 4.12. The van der Waals surface area contributed by atoms with E-state index in [2.05, 4.69) is 16.4 Å². The van der Waals surface area contributed by atoms with Crippen LogP contribution < -0.4 is 10.1 Å². The molecule has 0 spiro atoms. The predicted molar refractivity (Wildman–Crippen MR) is 148 cm³/mol. The number of pyridine rings is 1. The number of aliphatic hydroxyl groups excluding tert-OH is 1. The molecule has 0 aliphatic heterocycles. The minimum Gasteiger partial charge on any atom is -0.484 e. The Morgan fingerprint density at radius 3 is 2.70 bits per heavy atom. The number of fused-ring (bicyclic) bond motifs is 1. The Balaban J connectivity index is 1.50. The van der Waals surface area contributed by atoms with Crippen LogP contribution in [0.4, 0.5) is 4.39 Å². The number of benzene rings is 3. The predicted octanol–water partition coefficient (Wildman–Crippen LogP) is 5.68. The molecular formula is C31H25ClFN3O4. The topological polar surface area (TPSA) is 115 Å². The minimum atomic E-state index is -1.18. The Labute approximate surface area is 235 Å². The smallest absolute Gasteiger partial charge is 0.323 e. The molecule has 0 fully saturated rings. The van der Waals surface area contributed by atoms with Crippen LogP contribution in [0.1, 0.15) is 34.8 Å². The Morgan fingerprint density at radius 1 is 1.15 bits per heavy atom. The van der Waals surface area contributed by atoms with Crippen LogP contribution in [-0.2, 0) is 17.8 Å². The first-order chi connectivity index (χ1) is 19.4. The first-order valence-electron chi connectivity index (χ1n) is 12.7. The van der Waals surface area contributed by atoms with Gasteiger partial charge in [0.15, 0.2) is 0 Å². The summed E-state index contributed by atoms with van der Waals surface area (Å²) in [6, 6.07) is 18.5. The summed E-state index contributed by atoms with van der Waals surface area (Å²) >= 11 is 6.68. The maximum atomic E-state index is 14.6. The van der Waals surface area contributed by atoms with E-state index in [-0.39, 0.29) is 18.5 Å². The second-order valence-corrected chi connectivity index (χ2v) is 9.87. The number of nitriles is 1. The van der Waals surface area contributed by atoms with Crippen LogP contribution in [-0.4, -0.2) is 33.8 Å². The van der Waals surface area contributed by atoms with Crippen molar-refractivity contribution in [3.8, 4) is 34.1 Å². The van der Waals surface area contributed by atoms with Gasteiger partial charge in [0.2, 0.25) is 0 Å². The standard InChI is InChI=1S/C31H25ClFN3O4/c32-26-11-20(16-36-28(17-37)31(38)39)25(19-10-18(13-34)14-35-15-19)12-30(26)40-29-9-8-22-21(5-3-6-24(22)29)23-4-1-2-7-27(23)33/h1-7,10-12,14-15,28-29,36-37H,8-9,16-17H2,(H,38,39)/t28-,29-/m0/s1. The third-order valence-electron chi connectivity index (χ3n) is 7.00. The molecule has 3 N–H and O–H groups in total. The van der Waals surface area contributed by atoms with Gasteiger partial charge in [-0.25, -0.2) is 4.39 Å². The molecule has 1 aliphatic carbocycles. The van der Waals surface area contributed by atoms with Gasteiger partial charge in [-0.15, -0.1) is 0 Å². The van der Waals surface area contributed by atoms with Gasteiger partial charge in [-0.2, -0.15) is 5.26 Å². The lowest BCUT2D eigenvalue weighted by atomic mass is 9.96. The molecule has 9 heteroatoms. The highest BCUT2D eigenvalue weighted by Crippen LogP contribution is 2.43. The molecule has 1 heterocycles. The fourth-order valence-corrected chi connectivity index (χ4v) is 5.27. The van der Waals surface area contributed by atoms with Gasteiger partial charge >= 0.3 is 5.97 Å². The molecule has 1 aromatic heterocycles. The number of halogens is 2. The second-order valence-electron chi connectivity index (χ2n) is 9.47. The van der Waals surface area contributed by atoms with Crippen LogP contribution >= 0.6 is 11.6 Å². The molecule has 3 aromatic carbocycles. The van der Waals surface area contributed by atoms with Crippen molar-refractivity contribution in [3.05, 3.63) is 106 Å². The third-order valence-corrected chi connectivity index (χ3v) is 7.30. The summed E-state index contributed by atoms with van der Waals surface area (Å²) in [5.41, 5.74) is 5.66. The first kappa shape index (κ1) is 27.3. The Bertz CT molecular complexity index is 1620. The van der Waals surface area contributed by atoms with Gasteiger partial charge in [-0.1, -0.05) is 48.0 Å². The summed E-state index contributed by atoms with van der Waals surface area (Å²) in [6.45, 7) is -0.497. The lowest BCUT2D eigenvalue weighted by molar-refractivity contribution is -0.140. The van der Waals surface area contributed by atoms with Crippen LogP contribution in [0, 0.1) is 17.1 Å². The summed E-state index contributed by atoms with van der Waals surface area (Å²) in [5, 5.41) is 31.3. The van der Waals surface area contributed by atoms with Crippen LogP contribution in [0.3, 0.4) is 0 Å². The maximum absolute atomic E-state index is 14.6. The van der Waals surface area contributed by atoms with E-state index in [1.54, 1.807) is 36.5 Å². The molecule has 0 unspecified atom stereocenters. The van der Waals surface area contributed by atoms with Gasteiger partial charge in [0.05, 0.1) is 17.2 Å². The Morgan fingerprint density at radius 2 is 1.95 bits per heavy atom. The normalized spacial score (nSPS) is 14.8. The number of nitrogens with one attached hydrogen (secondary N) is 1. The van der Waals surface area contributed by atoms with E-state index < -0.39 is 18.6 Å².